The van der Waals surface area contributed by atoms with Crippen molar-refractivity contribution in [2.75, 3.05) is 0 Å². The van der Waals surface area contributed by atoms with Crippen molar-refractivity contribution in [3.8, 4) is 0 Å². The Kier molecular flexibility index (Phi) is 13.7. The normalized spacial score (nSPS) is 20.3. The fraction of sp³-hybridized carbons (Fsp3) is 0.943. The number of rotatable bonds is 18. The molecule has 1 saturated heterocycles. The minimum atomic E-state index is -2.71. The molecule has 0 aromatic heterocycles. The summed E-state index contributed by atoms with van der Waals surface area (Å²) in [6.45, 7) is 50.4. The van der Waals surface area contributed by atoms with Crippen LogP contribution in [0.3, 0.4) is 0 Å². The van der Waals surface area contributed by atoms with Gasteiger partial charge >= 0.3 is 11.9 Å². The molecule has 3 unspecified atom stereocenters. The Morgan fingerprint density at radius 3 is 1.62 bits per heavy atom. The lowest BCUT2D eigenvalue weighted by Crippen LogP contribution is -2.66. The van der Waals surface area contributed by atoms with E-state index < -0.39 is 59.2 Å². The van der Waals surface area contributed by atoms with E-state index in [1.807, 2.05) is 0 Å². The largest absolute Gasteiger partial charge is 0.418 e. The van der Waals surface area contributed by atoms with Gasteiger partial charge in [-0.25, -0.2) is 0 Å². The average molecular weight is 749 g/mol. The number of cyclic esters (lactones) is 2. The molecule has 47 heavy (non-hydrogen) atoms. The molecule has 0 bridgehead atoms. The van der Waals surface area contributed by atoms with Crippen molar-refractivity contribution in [2.45, 2.75) is 206 Å². The number of esters is 2. The summed E-state index contributed by atoms with van der Waals surface area (Å²) in [5.41, 5.74) is -1.02. The Bertz CT molecular complexity index is 1120. The standard InChI is InChI=1S/C35H76O7Si5/c1-30(2,32(5,6)43(13)39-34(9,10)44(14,15)16)41-47(22,25-23-24-27-26-28(36)38-29(27)37)33(7,8)31(3,4)40-46(20,21)35(11,12)42-45(17,18)19/h27,43H,23-26H2,1-22H3. The Balaban J connectivity index is 3.61. The minimum Gasteiger partial charge on any atom is -0.418 e. The van der Waals surface area contributed by atoms with Crippen LogP contribution in [0, 0.1) is 5.92 Å². The van der Waals surface area contributed by atoms with Gasteiger partial charge in [-0.2, -0.15) is 0 Å². The fourth-order valence-corrected chi connectivity index (χ4v) is 20.4. The van der Waals surface area contributed by atoms with Gasteiger partial charge in [0.25, 0.3) is 0 Å². The summed E-state index contributed by atoms with van der Waals surface area (Å²) in [4.78, 5) is 24.2. The molecule has 1 rings (SSSR count). The summed E-state index contributed by atoms with van der Waals surface area (Å²) in [6, 6.07) is 0.832. The summed E-state index contributed by atoms with van der Waals surface area (Å²) in [5, 5.41) is -1.05. The second-order valence-electron chi connectivity index (χ2n) is 20.1. The van der Waals surface area contributed by atoms with E-state index in [9.17, 15) is 9.59 Å². The second-order valence-corrected chi connectivity index (χ2v) is 42.1. The van der Waals surface area contributed by atoms with Crippen LogP contribution in [-0.2, 0) is 32.0 Å². The summed E-state index contributed by atoms with van der Waals surface area (Å²) in [5.74, 6) is -1.17. The van der Waals surface area contributed by atoms with E-state index >= 15 is 0 Å². The van der Waals surface area contributed by atoms with Crippen molar-refractivity contribution in [1.82, 2.24) is 0 Å². The third kappa shape index (κ3) is 10.3. The number of carbonyl (C=O) groups excluding carboxylic acids is 2. The van der Waals surface area contributed by atoms with Crippen LogP contribution >= 0.6 is 0 Å². The van der Waals surface area contributed by atoms with E-state index in [4.69, 9.17) is 22.4 Å². The van der Waals surface area contributed by atoms with Gasteiger partial charge in [-0.3, -0.25) is 9.59 Å². The van der Waals surface area contributed by atoms with Crippen molar-refractivity contribution in [2.24, 2.45) is 5.92 Å². The quantitative estimate of drug-likeness (QED) is 0.0784. The van der Waals surface area contributed by atoms with Gasteiger partial charge in [0, 0.05) is 15.3 Å². The first-order valence-electron chi connectivity index (χ1n) is 17.9. The SMILES string of the molecule is C[SiH](OC(C)(C)[Si](C)(C)C)C(C)(C)C(C)(C)O[Si](C)(CCCC1CC(=O)OC1=O)C(C)(C)C(C)(C)O[Si](C)(C)C(C)(C)O[Si](C)(C)C. The van der Waals surface area contributed by atoms with Crippen LogP contribution in [0.4, 0.5) is 0 Å². The third-order valence-corrected chi connectivity index (χ3v) is 31.3. The van der Waals surface area contributed by atoms with E-state index in [0.29, 0.717) is 6.42 Å². The summed E-state index contributed by atoms with van der Waals surface area (Å²) < 4.78 is 33.8. The van der Waals surface area contributed by atoms with Crippen molar-refractivity contribution >= 4 is 54.0 Å². The zero-order valence-corrected chi connectivity index (χ0v) is 40.0. The molecule has 0 amide bonds. The van der Waals surface area contributed by atoms with Crippen LogP contribution in [0.2, 0.25) is 81.6 Å². The molecule has 1 heterocycles. The van der Waals surface area contributed by atoms with Crippen molar-refractivity contribution < 1.29 is 32.0 Å². The number of carbonyl (C=O) groups is 2. The molecular formula is C35H76O7Si5. The van der Waals surface area contributed by atoms with E-state index in [2.05, 4.69) is 149 Å². The molecule has 1 aliphatic heterocycles. The highest BCUT2D eigenvalue weighted by molar-refractivity contribution is 6.80. The second kappa shape index (κ2) is 14.2. The fourth-order valence-electron chi connectivity index (χ4n) is 6.28. The highest BCUT2D eigenvalue weighted by Gasteiger charge is 2.61. The van der Waals surface area contributed by atoms with Crippen LogP contribution in [-0.4, -0.2) is 75.7 Å². The Morgan fingerprint density at radius 1 is 0.723 bits per heavy atom. The number of ether oxygens (including phenoxy) is 1. The monoisotopic (exact) mass is 748 g/mol. The first-order chi connectivity index (χ1) is 20.4. The number of hydrogen-bond donors (Lipinski definition) is 0. The van der Waals surface area contributed by atoms with Crippen LogP contribution in [0.25, 0.3) is 0 Å². The maximum atomic E-state index is 12.4. The molecule has 0 N–H and O–H groups in total. The molecular weight excluding hydrogens is 673 g/mol. The molecule has 12 heteroatoms. The predicted octanol–water partition coefficient (Wildman–Crippen LogP) is 9.98. The first kappa shape index (κ1) is 45.1. The zero-order valence-electron chi connectivity index (χ0n) is 34.8. The van der Waals surface area contributed by atoms with Crippen LogP contribution in [0.1, 0.15) is 102 Å². The molecule has 278 valence electrons. The van der Waals surface area contributed by atoms with Gasteiger partial charge in [0.05, 0.1) is 36.8 Å². The van der Waals surface area contributed by atoms with Crippen LogP contribution in [0.5, 0.6) is 0 Å². The molecule has 3 atom stereocenters. The topological polar surface area (TPSA) is 80.3 Å². The highest BCUT2D eigenvalue weighted by Crippen LogP contribution is 2.57. The minimum absolute atomic E-state index is 0.143. The van der Waals surface area contributed by atoms with E-state index in [1.165, 1.54) is 0 Å². The van der Waals surface area contributed by atoms with Gasteiger partial charge in [-0.05, 0) is 114 Å². The lowest BCUT2D eigenvalue weighted by Gasteiger charge is -2.59. The average Bonchev–Trinajstić information content (AvgIpc) is 3.11. The molecule has 0 spiro atoms. The lowest BCUT2D eigenvalue weighted by atomic mass is 9.93. The summed E-state index contributed by atoms with van der Waals surface area (Å²) in [7, 11) is -10.3. The summed E-state index contributed by atoms with van der Waals surface area (Å²) >= 11 is 0. The molecule has 1 aliphatic rings. The van der Waals surface area contributed by atoms with Crippen LogP contribution in [0.15, 0.2) is 0 Å². The van der Waals surface area contributed by atoms with Crippen molar-refractivity contribution in [1.29, 1.82) is 0 Å². The molecule has 0 saturated carbocycles. The molecule has 7 nitrogen and oxygen atoms in total. The van der Waals surface area contributed by atoms with Crippen LogP contribution < -0.4 is 0 Å². The van der Waals surface area contributed by atoms with Gasteiger partial charge in [-0.15, -0.1) is 0 Å². The van der Waals surface area contributed by atoms with Gasteiger partial charge in [-0.1, -0.05) is 53.8 Å². The van der Waals surface area contributed by atoms with Gasteiger partial charge in [0.1, 0.15) is 0 Å². The smallest absolute Gasteiger partial charge is 0.317 e. The van der Waals surface area contributed by atoms with Gasteiger partial charge in [0.2, 0.25) is 8.32 Å². The molecule has 0 radical (unpaired) electrons. The third-order valence-electron chi connectivity index (χ3n) is 12.8. The number of hydrogen-bond acceptors (Lipinski definition) is 7. The van der Waals surface area contributed by atoms with Crippen molar-refractivity contribution in [3.05, 3.63) is 0 Å². The molecule has 0 aromatic rings. The van der Waals surface area contributed by atoms with E-state index in [-0.39, 0.29) is 38.8 Å². The maximum absolute atomic E-state index is 12.4. The zero-order chi connectivity index (χ0) is 37.7. The Hall–Kier alpha value is 0.0644. The van der Waals surface area contributed by atoms with Gasteiger partial charge < -0.3 is 22.4 Å². The lowest BCUT2D eigenvalue weighted by molar-refractivity contribution is -0.153. The predicted molar refractivity (Wildman–Crippen MR) is 211 cm³/mol. The van der Waals surface area contributed by atoms with Gasteiger partial charge in [0.15, 0.2) is 25.7 Å². The molecule has 0 aliphatic carbocycles. The maximum Gasteiger partial charge on any atom is 0.317 e. The highest BCUT2D eigenvalue weighted by atomic mass is 28.4. The molecule has 1 fully saturated rings. The summed E-state index contributed by atoms with van der Waals surface area (Å²) in [6.07, 6.45) is 1.57. The molecule has 0 aromatic carbocycles. The van der Waals surface area contributed by atoms with E-state index in [1.54, 1.807) is 0 Å². The van der Waals surface area contributed by atoms with Crippen molar-refractivity contribution in [3.63, 3.8) is 0 Å². The Morgan fingerprint density at radius 2 is 1.21 bits per heavy atom. The van der Waals surface area contributed by atoms with E-state index in [0.717, 1.165) is 12.5 Å². The Labute approximate surface area is 296 Å². The first-order valence-corrected chi connectivity index (χ1v) is 32.5.